The van der Waals surface area contributed by atoms with E-state index in [9.17, 15) is 0 Å². The lowest BCUT2D eigenvalue weighted by atomic mass is 10.1. The second kappa shape index (κ2) is 5.45. The van der Waals surface area contributed by atoms with Gasteiger partial charge in [0.05, 0.1) is 25.4 Å². The van der Waals surface area contributed by atoms with Gasteiger partial charge in [0.1, 0.15) is 6.10 Å². The summed E-state index contributed by atoms with van der Waals surface area (Å²) in [7, 11) is 1.64. The van der Waals surface area contributed by atoms with Crippen molar-refractivity contribution in [2.75, 3.05) is 26.9 Å². The molecule has 0 bridgehead atoms. The Morgan fingerprint density at radius 2 is 1.81 bits per heavy atom. The van der Waals surface area contributed by atoms with Crippen LogP contribution in [0.5, 0.6) is 0 Å². The standard InChI is InChI=1S/C12H24O4/c1-11(2,16-9-10-8-14-10)6-7-15-12(3,4)13-5/h10H,6-9H2,1-5H3. The normalized spacial score (nSPS) is 21.2. The first-order chi connectivity index (χ1) is 7.35. The second-order valence-corrected chi connectivity index (χ2v) is 5.23. The topological polar surface area (TPSA) is 40.2 Å². The maximum Gasteiger partial charge on any atom is 0.162 e. The molecule has 4 nitrogen and oxygen atoms in total. The maximum atomic E-state index is 5.76. The van der Waals surface area contributed by atoms with Gasteiger partial charge in [-0.15, -0.1) is 0 Å². The molecular formula is C12H24O4. The summed E-state index contributed by atoms with van der Waals surface area (Å²) in [5.41, 5.74) is -0.171. The van der Waals surface area contributed by atoms with Crippen molar-refractivity contribution in [3.63, 3.8) is 0 Å². The van der Waals surface area contributed by atoms with Gasteiger partial charge in [0.2, 0.25) is 0 Å². The van der Waals surface area contributed by atoms with Gasteiger partial charge in [-0.2, -0.15) is 0 Å². The fraction of sp³-hybridized carbons (Fsp3) is 1.00. The summed E-state index contributed by atoms with van der Waals surface area (Å²) < 4.78 is 21.6. The summed E-state index contributed by atoms with van der Waals surface area (Å²) in [5.74, 6) is -0.518. The number of ether oxygens (including phenoxy) is 4. The molecule has 1 heterocycles. The molecule has 1 atom stereocenters. The number of rotatable bonds is 8. The minimum atomic E-state index is -0.518. The Labute approximate surface area is 98.2 Å². The van der Waals surface area contributed by atoms with Crippen LogP contribution >= 0.6 is 0 Å². The molecule has 0 spiro atoms. The van der Waals surface area contributed by atoms with Crippen LogP contribution in [0.2, 0.25) is 0 Å². The molecule has 1 aliphatic heterocycles. The van der Waals surface area contributed by atoms with Crippen LogP contribution in [0.1, 0.15) is 34.1 Å². The van der Waals surface area contributed by atoms with Gasteiger partial charge in [0, 0.05) is 7.11 Å². The number of hydrogen-bond acceptors (Lipinski definition) is 4. The third-order valence-electron chi connectivity index (χ3n) is 2.71. The van der Waals surface area contributed by atoms with Crippen LogP contribution in [0, 0.1) is 0 Å². The van der Waals surface area contributed by atoms with E-state index < -0.39 is 5.79 Å². The quantitative estimate of drug-likeness (QED) is 0.474. The number of epoxide rings is 1. The maximum absolute atomic E-state index is 5.76. The molecule has 0 aromatic rings. The molecule has 0 saturated carbocycles. The first-order valence-electron chi connectivity index (χ1n) is 5.79. The monoisotopic (exact) mass is 232 g/mol. The van der Waals surface area contributed by atoms with E-state index in [2.05, 4.69) is 13.8 Å². The molecule has 0 aromatic heterocycles. The molecule has 0 aliphatic carbocycles. The minimum absolute atomic E-state index is 0.171. The fourth-order valence-corrected chi connectivity index (χ4v) is 1.16. The van der Waals surface area contributed by atoms with E-state index in [4.69, 9.17) is 18.9 Å². The van der Waals surface area contributed by atoms with Crippen molar-refractivity contribution in [1.82, 2.24) is 0 Å². The van der Waals surface area contributed by atoms with Crippen molar-refractivity contribution >= 4 is 0 Å². The largest absolute Gasteiger partial charge is 0.373 e. The highest BCUT2D eigenvalue weighted by molar-refractivity contribution is 4.74. The SMILES string of the molecule is COC(C)(C)OCCC(C)(C)OCC1CO1. The average molecular weight is 232 g/mol. The fourth-order valence-electron chi connectivity index (χ4n) is 1.16. The van der Waals surface area contributed by atoms with Gasteiger partial charge in [-0.25, -0.2) is 0 Å². The van der Waals surface area contributed by atoms with Gasteiger partial charge < -0.3 is 18.9 Å². The molecule has 0 amide bonds. The molecule has 1 aliphatic rings. The first kappa shape index (κ1) is 13.9. The van der Waals surface area contributed by atoms with Crippen LogP contribution in [0.25, 0.3) is 0 Å². The lowest BCUT2D eigenvalue weighted by Crippen LogP contribution is -2.32. The van der Waals surface area contributed by atoms with Crippen molar-refractivity contribution in [2.24, 2.45) is 0 Å². The summed E-state index contributed by atoms with van der Waals surface area (Å²) in [6.45, 7) is 10.1. The highest BCUT2D eigenvalue weighted by Gasteiger charge is 2.28. The van der Waals surface area contributed by atoms with Gasteiger partial charge >= 0.3 is 0 Å². The predicted octanol–water partition coefficient (Wildman–Crippen LogP) is 1.97. The Morgan fingerprint density at radius 3 is 2.31 bits per heavy atom. The van der Waals surface area contributed by atoms with Crippen molar-refractivity contribution in [2.45, 2.75) is 51.6 Å². The summed E-state index contributed by atoms with van der Waals surface area (Å²) >= 11 is 0. The molecular weight excluding hydrogens is 208 g/mol. The van der Waals surface area contributed by atoms with Gasteiger partial charge in [0.15, 0.2) is 5.79 Å². The Bertz CT molecular complexity index is 209. The second-order valence-electron chi connectivity index (χ2n) is 5.23. The van der Waals surface area contributed by atoms with Crippen LogP contribution in [0.4, 0.5) is 0 Å². The average Bonchev–Trinajstić information content (AvgIpc) is 2.98. The molecule has 0 N–H and O–H groups in total. The van der Waals surface area contributed by atoms with E-state index in [0.29, 0.717) is 19.3 Å². The molecule has 16 heavy (non-hydrogen) atoms. The Balaban J connectivity index is 2.13. The highest BCUT2D eigenvalue weighted by atomic mass is 16.7. The van der Waals surface area contributed by atoms with E-state index in [1.54, 1.807) is 7.11 Å². The van der Waals surface area contributed by atoms with Crippen molar-refractivity contribution in [3.8, 4) is 0 Å². The zero-order valence-corrected chi connectivity index (χ0v) is 11.0. The summed E-state index contributed by atoms with van der Waals surface area (Å²) in [6, 6.07) is 0. The Hall–Kier alpha value is -0.160. The molecule has 1 unspecified atom stereocenters. The molecule has 1 saturated heterocycles. The van der Waals surface area contributed by atoms with Crippen LogP contribution in [0.3, 0.4) is 0 Å². The third-order valence-corrected chi connectivity index (χ3v) is 2.71. The van der Waals surface area contributed by atoms with Gasteiger partial charge in [-0.05, 0) is 34.1 Å². The van der Waals surface area contributed by atoms with Crippen LogP contribution in [-0.2, 0) is 18.9 Å². The minimum Gasteiger partial charge on any atom is -0.373 e. The van der Waals surface area contributed by atoms with E-state index in [0.717, 1.165) is 13.0 Å². The summed E-state index contributed by atoms with van der Waals surface area (Å²) in [4.78, 5) is 0. The molecule has 1 rings (SSSR count). The van der Waals surface area contributed by atoms with Crippen LogP contribution in [0.15, 0.2) is 0 Å². The first-order valence-corrected chi connectivity index (χ1v) is 5.79. The highest BCUT2D eigenvalue weighted by Crippen LogP contribution is 2.20. The zero-order valence-electron chi connectivity index (χ0n) is 11.0. The van der Waals surface area contributed by atoms with E-state index in [1.165, 1.54) is 0 Å². The Morgan fingerprint density at radius 1 is 1.19 bits per heavy atom. The van der Waals surface area contributed by atoms with Crippen LogP contribution < -0.4 is 0 Å². The predicted molar refractivity (Wildman–Crippen MR) is 61.4 cm³/mol. The van der Waals surface area contributed by atoms with Crippen LogP contribution in [-0.4, -0.2) is 44.4 Å². The summed E-state index contributed by atoms with van der Waals surface area (Å²) in [6.07, 6.45) is 1.16. The Kier molecular flexibility index (Phi) is 4.73. The summed E-state index contributed by atoms with van der Waals surface area (Å²) in [5, 5.41) is 0. The molecule has 96 valence electrons. The molecule has 0 radical (unpaired) electrons. The van der Waals surface area contributed by atoms with Gasteiger partial charge in [-0.1, -0.05) is 0 Å². The molecule has 0 aromatic carbocycles. The van der Waals surface area contributed by atoms with Crippen molar-refractivity contribution in [1.29, 1.82) is 0 Å². The van der Waals surface area contributed by atoms with Gasteiger partial charge in [-0.3, -0.25) is 0 Å². The molecule has 4 heteroatoms. The van der Waals surface area contributed by atoms with Crippen molar-refractivity contribution in [3.05, 3.63) is 0 Å². The van der Waals surface area contributed by atoms with E-state index in [1.807, 2.05) is 13.8 Å². The lowest BCUT2D eigenvalue weighted by molar-refractivity contribution is -0.203. The van der Waals surface area contributed by atoms with Gasteiger partial charge in [0.25, 0.3) is 0 Å². The van der Waals surface area contributed by atoms with E-state index in [-0.39, 0.29) is 5.60 Å². The number of methoxy groups -OCH3 is 1. The van der Waals surface area contributed by atoms with E-state index >= 15 is 0 Å². The number of hydrogen-bond donors (Lipinski definition) is 0. The lowest BCUT2D eigenvalue weighted by Gasteiger charge is -2.28. The smallest absolute Gasteiger partial charge is 0.162 e. The third kappa shape index (κ3) is 5.80. The zero-order chi connectivity index (χ0) is 12.2. The molecule has 1 fully saturated rings. The van der Waals surface area contributed by atoms with Crippen molar-refractivity contribution < 1.29 is 18.9 Å².